The molecular weight excluding hydrogens is 214 g/mol. The standard InChI is InChI=1S/C13H19N3O/c1-8(2)17-13-10-6-14-7-11(10)15-12(16-13)9-4-3-5-9/h8-9,14H,3-7H2,1-2H3. The molecule has 1 aromatic rings. The Kier molecular flexibility index (Phi) is 2.74. The molecule has 0 radical (unpaired) electrons. The first-order valence-electron chi connectivity index (χ1n) is 6.51. The van der Waals surface area contributed by atoms with E-state index in [0.717, 1.165) is 36.1 Å². The highest BCUT2D eigenvalue weighted by Gasteiger charge is 2.27. The highest BCUT2D eigenvalue weighted by molar-refractivity contribution is 5.34. The Labute approximate surface area is 102 Å². The molecule has 1 aliphatic heterocycles. The van der Waals surface area contributed by atoms with Crippen molar-refractivity contribution in [3.8, 4) is 5.88 Å². The molecule has 0 saturated heterocycles. The van der Waals surface area contributed by atoms with Crippen LogP contribution in [0.1, 0.15) is 56.1 Å². The largest absolute Gasteiger partial charge is 0.475 e. The van der Waals surface area contributed by atoms with Crippen molar-refractivity contribution in [2.75, 3.05) is 0 Å². The summed E-state index contributed by atoms with van der Waals surface area (Å²) < 4.78 is 5.83. The zero-order valence-corrected chi connectivity index (χ0v) is 10.5. The maximum atomic E-state index is 5.83. The maximum absolute atomic E-state index is 5.83. The predicted molar refractivity (Wildman–Crippen MR) is 64.9 cm³/mol. The van der Waals surface area contributed by atoms with Gasteiger partial charge in [0.1, 0.15) is 5.82 Å². The van der Waals surface area contributed by atoms with E-state index in [-0.39, 0.29) is 6.10 Å². The second-order valence-electron chi connectivity index (χ2n) is 5.21. The van der Waals surface area contributed by atoms with Gasteiger partial charge in [-0.25, -0.2) is 4.98 Å². The molecule has 0 unspecified atom stereocenters. The Bertz CT molecular complexity index is 427. The first kappa shape index (κ1) is 11.0. The van der Waals surface area contributed by atoms with Crippen molar-refractivity contribution < 1.29 is 4.74 Å². The molecule has 1 aromatic heterocycles. The van der Waals surface area contributed by atoms with Gasteiger partial charge in [-0.05, 0) is 26.7 Å². The summed E-state index contributed by atoms with van der Waals surface area (Å²) in [5, 5.41) is 3.32. The smallest absolute Gasteiger partial charge is 0.221 e. The number of aromatic nitrogens is 2. The van der Waals surface area contributed by atoms with Crippen LogP contribution in [0.4, 0.5) is 0 Å². The SMILES string of the molecule is CC(C)Oc1nc(C2CCC2)nc2c1CNC2. The van der Waals surface area contributed by atoms with Crippen molar-refractivity contribution in [1.29, 1.82) is 0 Å². The number of hydrogen-bond acceptors (Lipinski definition) is 4. The summed E-state index contributed by atoms with van der Waals surface area (Å²) in [5.74, 6) is 2.36. The highest BCUT2D eigenvalue weighted by atomic mass is 16.5. The lowest BCUT2D eigenvalue weighted by atomic mass is 9.85. The van der Waals surface area contributed by atoms with E-state index in [9.17, 15) is 0 Å². The first-order valence-corrected chi connectivity index (χ1v) is 6.51. The molecule has 0 spiro atoms. The zero-order valence-electron chi connectivity index (χ0n) is 10.5. The summed E-state index contributed by atoms with van der Waals surface area (Å²) in [6, 6.07) is 0. The number of rotatable bonds is 3. The van der Waals surface area contributed by atoms with Crippen molar-refractivity contribution in [1.82, 2.24) is 15.3 Å². The molecule has 2 heterocycles. The van der Waals surface area contributed by atoms with Crippen molar-refractivity contribution in [2.24, 2.45) is 0 Å². The van der Waals surface area contributed by atoms with E-state index in [1.807, 2.05) is 13.8 Å². The minimum absolute atomic E-state index is 0.170. The highest BCUT2D eigenvalue weighted by Crippen LogP contribution is 2.36. The average Bonchev–Trinajstić information content (AvgIpc) is 2.61. The van der Waals surface area contributed by atoms with Crippen molar-refractivity contribution in [3.05, 3.63) is 17.1 Å². The minimum Gasteiger partial charge on any atom is -0.475 e. The van der Waals surface area contributed by atoms with Gasteiger partial charge in [0.25, 0.3) is 0 Å². The Morgan fingerprint density at radius 2 is 2.06 bits per heavy atom. The lowest BCUT2D eigenvalue weighted by Gasteiger charge is -2.25. The summed E-state index contributed by atoms with van der Waals surface area (Å²) >= 11 is 0. The van der Waals surface area contributed by atoms with Crippen LogP contribution in [0, 0.1) is 0 Å². The Balaban J connectivity index is 1.96. The molecule has 1 N–H and O–H groups in total. The predicted octanol–water partition coefficient (Wildman–Crippen LogP) is 2.13. The Morgan fingerprint density at radius 3 is 2.71 bits per heavy atom. The second-order valence-corrected chi connectivity index (χ2v) is 5.21. The maximum Gasteiger partial charge on any atom is 0.221 e. The molecule has 1 aliphatic carbocycles. The van der Waals surface area contributed by atoms with Crippen LogP contribution in [0.5, 0.6) is 5.88 Å². The number of nitrogens with zero attached hydrogens (tertiary/aromatic N) is 2. The molecule has 0 atom stereocenters. The summed E-state index contributed by atoms with van der Waals surface area (Å²) in [7, 11) is 0. The molecule has 0 aromatic carbocycles. The third kappa shape index (κ3) is 2.02. The van der Waals surface area contributed by atoms with Crippen LogP contribution in [0.2, 0.25) is 0 Å². The van der Waals surface area contributed by atoms with E-state index in [0.29, 0.717) is 5.92 Å². The molecule has 1 saturated carbocycles. The molecule has 4 heteroatoms. The number of fused-ring (bicyclic) bond motifs is 1. The van der Waals surface area contributed by atoms with Gasteiger partial charge >= 0.3 is 0 Å². The Hall–Kier alpha value is -1.16. The van der Waals surface area contributed by atoms with Crippen LogP contribution < -0.4 is 10.1 Å². The lowest BCUT2D eigenvalue weighted by Crippen LogP contribution is -2.16. The van der Waals surface area contributed by atoms with Gasteiger partial charge in [-0.1, -0.05) is 6.42 Å². The summed E-state index contributed by atoms with van der Waals surface area (Å²) in [6.07, 6.45) is 3.94. The third-order valence-electron chi connectivity index (χ3n) is 3.48. The lowest BCUT2D eigenvalue weighted by molar-refractivity contribution is 0.227. The molecule has 2 aliphatic rings. The topological polar surface area (TPSA) is 47.0 Å². The van der Waals surface area contributed by atoms with E-state index in [4.69, 9.17) is 4.74 Å². The fraction of sp³-hybridized carbons (Fsp3) is 0.692. The van der Waals surface area contributed by atoms with Crippen LogP contribution in [-0.2, 0) is 13.1 Å². The van der Waals surface area contributed by atoms with E-state index < -0.39 is 0 Å². The van der Waals surface area contributed by atoms with Gasteiger partial charge in [0.15, 0.2) is 0 Å². The first-order chi connectivity index (χ1) is 8.24. The summed E-state index contributed by atoms with van der Waals surface area (Å²) in [6.45, 7) is 5.77. The van der Waals surface area contributed by atoms with Gasteiger partial charge < -0.3 is 10.1 Å². The number of hydrogen-bond donors (Lipinski definition) is 1. The van der Waals surface area contributed by atoms with Crippen molar-refractivity contribution >= 4 is 0 Å². The molecular formula is C13H19N3O. The second kappa shape index (κ2) is 4.26. The van der Waals surface area contributed by atoms with Crippen LogP contribution in [-0.4, -0.2) is 16.1 Å². The third-order valence-corrected chi connectivity index (χ3v) is 3.48. The zero-order chi connectivity index (χ0) is 11.8. The Morgan fingerprint density at radius 1 is 1.24 bits per heavy atom. The van der Waals surface area contributed by atoms with Crippen molar-refractivity contribution in [2.45, 2.75) is 58.2 Å². The van der Waals surface area contributed by atoms with Gasteiger partial charge in [0.2, 0.25) is 5.88 Å². The monoisotopic (exact) mass is 233 g/mol. The quantitative estimate of drug-likeness (QED) is 0.869. The molecule has 92 valence electrons. The average molecular weight is 233 g/mol. The summed E-state index contributed by atoms with van der Waals surface area (Å²) in [4.78, 5) is 9.32. The molecule has 1 fully saturated rings. The molecule has 4 nitrogen and oxygen atoms in total. The molecule has 3 rings (SSSR count). The van der Waals surface area contributed by atoms with Crippen molar-refractivity contribution in [3.63, 3.8) is 0 Å². The minimum atomic E-state index is 0.170. The van der Waals surface area contributed by atoms with Crippen LogP contribution in [0.15, 0.2) is 0 Å². The molecule has 17 heavy (non-hydrogen) atoms. The van der Waals surface area contributed by atoms with Gasteiger partial charge in [-0.2, -0.15) is 4.98 Å². The van der Waals surface area contributed by atoms with Crippen LogP contribution in [0.25, 0.3) is 0 Å². The van der Waals surface area contributed by atoms with Crippen LogP contribution >= 0.6 is 0 Å². The van der Waals surface area contributed by atoms with E-state index in [1.165, 1.54) is 19.3 Å². The fourth-order valence-electron chi connectivity index (χ4n) is 2.33. The number of nitrogens with one attached hydrogen (secondary N) is 1. The van der Waals surface area contributed by atoms with Gasteiger partial charge in [0, 0.05) is 19.0 Å². The molecule has 0 amide bonds. The van der Waals surface area contributed by atoms with E-state index >= 15 is 0 Å². The van der Waals surface area contributed by atoms with Gasteiger partial charge in [-0.3, -0.25) is 0 Å². The van der Waals surface area contributed by atoms with E-state index in [2.05, 4.69) is 15.3 Å². The fourth-order valence-corrected chi connectivity index (χ4v) is 2.33. The van der Waals surface area contributed by atoms with Gasteiger partial charge in [-0.15, -0.1) is 0 Å². The summed E-state index contributed by atoms with van der Waals surface area (Å²) in [5.41, 5.74) is 2.29. The van der Waals surface area contributed by atoms with E-state index in [1.54, 1.807) is 0 Å². The number of ether oxygens (including phenoxy) is 1. The normalized spacial score (nSPS) is 19.2. The van der Waals surface area contributed by atoms with Gasteiger partial charge in [0.05, 0.1) is 17.4 Å². The molecule has 0 bridgehead atoms. The van der Waals surface area contributed by atoms with Crippen LogP contribution in [0.3, 0.4) is 0 Å².